The van der Waals surface area contributed by atoms with Crippen LogP contribution in [0.2, 0.25) is 0 Å². The maximum atomic E-state index is 12.8. The number of carbonyl (C=O) groups excluding carboxylic acids is 1. The van der Waals surface area contributed by atoms with Gasteiger partial charge in [-0.1, -0.05) is 23.8 Å². The number of hydrogen-bond acceptors (Lipinski definition) is 7. The van der Waals surface area contributed by atoms with Crippen LogP contribution in [0.15, 0.2) is 88.7 Å². The number of carbonyl (C=O) groups is 1. The lowest BCUT2D eigenvalue weighted by Gasteiger charge is -2.11. The number of sulfonamides is 2. The molecule has 0 spiro atoms. The molecule has 3 aromatic carbocycles. The van der Waals surface area contributed by atoms with E-state index >= 15 is 0 Å². The van der Waals surface area contributed by atoms with Gasteiger partial charge in [0.05, 0.1) is 9.79 Å². The van der Waals surface area contributed by atoms with E-state index in [1.807, 2.05) is 6.92 Å². The maximum Gasteiger partial charge on any atom is 0.264 e. The van der Waals surface area contributed by atoms with Crippen LogP contribution in [0.5, 0.6) is 0 Å². The minimum Gasteiger partial charge on any atom is -0.322 e. The van der Waals surface area contributed by atoms with Gasteiger partial charge in [-0.15, -0.1) is 0 Å². The Morgan fingerprint density at radius 2 is 1.21 bits per heavy atom. The summed E-state index contributed by atoms with van der Waals surface area (Å²) >= 11 is 0. The summed E-state index contributed by atoms with van der Waals surface area (Å²) < 4.78 is 55.6. The lowest BCUT2D eigenvalue weighted by Crippen LogP contribution is -2.16. The Balaban J connectivity index is 1.45. The molecule has 0 saturated carbocycles. The van der Waals surface area contributed by atoms with Crippen molar-refractivity contribution in [3.05, 3.63) is 101 Å². The van der Waals surface area contributed by atoms with Crippen LogP contribution in [0.4, 0.5) is 17.3 Å². The highest BCUT2D eigenvalue weighted by molar-refractivity contribution is 7.93. The smallest absolute Gasteiger partial charge is 0.264 e. The van der Waals surface area contributed by atoms with E-state index in [-0.39, 0.29) is 27.0 Å². The molecule has 1 aromatic heterocycles. The molecule has 196 valence electrons. The topological polar surface area (TPSA) is 147 Å². The Morgan fingerprint density at radius 3 is 1.82 bits per heavy atom. The van der Waals surface area contributed by atoms with Gasteiger partial charge in [0.2, 0.25) is 5.95 Å². The van der Waals surface area contributed by atoms with Gasteiger partial charge in [0.1, 0.15) is 0 Å². The molecule has 0 unspecified atom stereocenters. The van der Waals surface area contributed by atoms with Crippen molar-refractivity contribution in [3.8, 4) is 0 Å². The van der Waals surface area contributed by atoms with Crippen LogP contribution in [0, 0.1) is 20.8 Å². The van der Waals surface area contributed by atoms with Crippen molar-refractivity contribution in [1.29, 1.82) is 0 Å². The molecule has 12 heteroatoms. The molecule has 0 saturated heterocycles. The minimum atomic E-state index is -3.95. The summed E-state index contributed by atoms with van der Waals surface area (Å²) in [5.74, 6) is -0.531. The quantitative estimate of drug-likeness (QED) is 0.296. The number of aryl methyl sites for hydroxylation is 3. The lowest BCUT2D eigenvalue weighted by atomic mass is 10.2. The highest BCUT2D eigenvalue weighted by Crippen LogP contribution is 2.20. The predicted molar refractivity (Wildman–Crippen MR) is 145 cm³/mol. The lowest BCUT2D eigenvalue weighted by molar-refractivity contribution is 0.102. The average Bonchev–Trinajstić information content (AvgIpc) is 2.83. The molecule has 10 nitrogen and oxygen atoms in total. The average molecular weight is 552 g/mol. The van der Waals surface area contributed by atoms with Crippen LogP contribution in [-0.4, -0.2) is 32.7 Å². The predicted octanol–water partition coefficient (Wildman–Crippen LogP) is 4.26. The normalized spacial score (nSPS) is 11.6. The van der Waals surface area contributed by atoms with Crippen LogP contribution in [0.1, 0.15) is 27.3 Å². The van der Waals surface area contributed by atoms with Crippen molar-refractivity contribution < 1.29 is 21.6 Å². The zero-order valence-electron chi connectivity index (χ0n) is 20.8. The molecule has 3 N–H and O–H groups in total. The third-order valence-electron chi connectivity index (χ3n) is 5.34. The Labute approximate surface area is 221 Å². The summed E-state index contributed by atoms with van der Waals surface area (Å²) in [4.78, 5) is 21.0. The zero-order valence-corrected chi connectivity index (χ0v) is 22.4. The van der Waals surface area contributed by atoms with Gasteiger partial charge in [0.15, 0.2) is 0 Å². The van der Waals surface area contributed by atoms with Gasteiger partial charge in [-0.05, 0) is 81.4 Å². The monoisotopic (exact) mass is 551 g/mol. The van der Waals surface area contributed by atoms with E-state index in [1.54, 1.807) is 38.1 Å². The number of rotatable bonds is 8. The molecule has 4 rings (SSSR count). The third-order valence-corrected chi connectivity index (χ3v) is 8.08. The molecule has 0 fully saturated rings. The second-order valence-electron chi connectivity index (χ2n) is 8.56. The molecule has 0 radical (unpaired) electrons. The Bertz CT molecular complexity index is 1680. The summed E-state index contributed by atoms with van der Waals surface area (Å²) in [6.45, 7) is 5.33. The van der Waals surface area contributed by atoms with Crippen molar-refractivity contribution in [2.45, 2.75) is 30.6 Å². The van der Waals surface area contributed by atoms with Gasteiger partial charge in [-0.3, -0.25) is 9.52 Å². The van der Waals surface area contributed by atoms with Crippen molar-refractivity contribution in [3.63, 3.8) is 0 Å². The standard InChI is InChI=1S/C26H25N5O5S2/c1-17-7-11-23(12-8-17)37(33,34)30-22-6-4-5-20(16-22)25(32)29-21-9-13-24(14-10-21)38(35,36)31-26-27-18(2)15-19(3)28-26/h4-16,30H,1-3H3,(H,29,32)(H,27,28,31). The summed E-state index contributed by atoms with van der Waals surface area (Å²) in [6.07, 6.45) is 0. The van der Waals surface area contributed by atoms with E-state index in [0.717, 1.165) is 5.56 Å². The number of amides is 1. The molecule has 4 aromatic rings. The zero-order chi connectivity index (χ0) is 27.5. The second-order valence-corrected chi connectivity index (χ2v) is 11.9. The van der Waals surface area contributed by atoms with Gasteiger partial charge in [0.25, 0.3) is 26.0 Å². The number of aromatic nitrogens is 2. The van der Waals surface area contributed by atoms with Crippen LogP contribution in [-0.2, 0) is 20.0 Å². The van der Waals surface area contributed by atoms with Crippen molar-refractivity contribution in [1.82, 2.24) is 9.97 Å². The van der Waals surface area contributed by atoms with Crippen molar-refractivity contribution in [2.75, 3.05) is 14.8 Å². The van der Waals surface area contributed by atoms with Crippen LogP contribution < -0.4 is 14.8 Å². The number of hydrogen-bond donors (Lipinski definition) is 3. The molecule has 0 aliphatic heterocycles. The highest BCUT2D eigenvalue weighted by atomic mass is 32.2. The van der Waals surface area contributed by atoms with E-state index in [9.17, 15) is 21.6 Å². The Kier molecular flexibility index (Phi) is 7.46. The van der Waals surface area contributed by atoms with E-state index in [4.69, 9.17) is 0 Å². The number of nitrogens with zero attached hydrogens (tertiary/aromatic N) is 2. The largest absolute Gasteiger partial charge is 0.322 e. The molecule has 1 amide bonds. The van der Waals surface area contributed by atoms with Gasteiger partial charge < -0.3 is 5.32 Å². The Hall–Kier alpha value is -4.29. The molecule has 0 atom stereocenters. The van der Waals surface area contributed by atoms with Crippen molar-refractivity contribution >= 4 is 43.3 Å². The molecule has 38 heavy (non-hydrogen) atoms. The SMILES string of the molecule is Cc1ccc(S(=O)(=O)Nc2cccc(C(=O)Nc3ccc(S(=O)(=O)Nc4nc(C)cc(C)n4)cc3)c2)cc1. The third kappa shape index (κ3) is 6.52. The van der Waals surface area contributed by atoms with Crippen LogP contribution >= 0.6 is 0 Å². The number of benzene rings is 3. The summed E-state index contributed by atoms with van der Waals surface area (Å²) in [6, 6.07) is 19.7. The summed E-state index contributed by atoms with van der Waals surface area (Å²) in [5, 5.41) is 2.67. The van der Waals surface area contributed by atoms with Gasteiger partial charge in [0, 0.05) is 28.3 Å². The molecule has 1 heterocycles. The fourth-order valence-electron chi connectivity index (χ4n) is 3.53. The minimum absolute atomic E-state index is 0.0298. The summed E-state index contributed by atoms with van der Waals surface area (Å²) in [5.41, 5.74) is 2.96. The number of anilines is 3. The van der Waals surface area contributed by atoms with E-state index in [1.165, 1.54) is 54.6 Å². The van der Waals surface area contributed by atoms with E-state index in [0.29, 0.717) is 17.1 Å². The molecular formula is C26H25N5O5S2. The van der Waals surface area contributed by atoms with E-state index < -0.39 is 26.0 Å². The first-order valence-electron chi connectivity index (χ1n) is 11.4. The fourth-order valence-corrected chi connectivity index (χ4v) is 5.52. The van der Waals surface area contributed by atoms with Gasteiger partial charge in [-0.2, -0.15) is 0 Å². The highest BCUT2D eigenvalue weighted by Gasteiger charge is 2.18. The van der Waals surface area contributed by atoms with Crippen LogP contribution in [0.3, 0.4) is 0 Å². The second kappa shape index (κ2) is 10.6. The Morgan fingerprint density at radius 1 is 0.658 bits per heavy atom. The molecule has 0 aliphatic rings. The van der Waals surface area contributed by atoms with Gasteiger partial charge >= 0.3 is 0 Å². The van der Waals surface area contributed by atoms with Gasteiger partial charge in [-0.25, -0.2) is 31.5 Å². The first-order chi connectivity index (χ1) is 17.9. The number of nitrogens with one attached hydrogen (secondary N) is 3. The first-order valence-corrected chi connectivity index (χ1v) is 14.3. The molecule has 0 bridgehead atoms. The summed E-state index contributed by atoms with van der Waals surface area (Å²) in [7, 11) is -7.78. The maximum absolute atomic E-state index is 12.8. The first kappa shape index (κ1) is 26.8. The molecule has 0 aliphatic carbocycles. The fraction of sp³-hybridized carbons (Fsp3) is 0.115. The molecular weight excluding hydrogens is 526 g/mol. The van der Waals surface area contributed by atoms with Crippen LogP contribution in [0.25, 0.3) is 0 Å². The van der Waals surface area contributed by atoms with E-state index in [2.05, 4.69) is 24.7 Å². The van der Waals surface area contributed by atoms with Crippen molar-refractivity contribution in [2.24, 2.45) is 0 Å².